The van der Waals surface area contributed by atoms with Crippen molar-refractivity contribution in [3.8, 4) is 11.4 Å². The van der Waals surface area contributed by atoms with Crippen LogP contribution in [0.5, 0.6) is 0 Å². The molecule has 0 N–H and O–H groups in total. The molecule has 1 aromatic carbocycles. The average Bonchev–Trinajstić information content (AvgIpc) is 2.91. The molecule has 118 valence electrons. The van der Waals surface area contributed by atoms with Crippen molar-refractivity contribution >= 4 is 5.91 Å². The van der Waals surface area contributed by atoms with Crippen LogP contribution in [0.3, 0.4) is 0 Å². The van der Waals surface area contributed by atoms with Crippen LogP contribution in [-0.4, -0.2) is 59.6 Å². The lowest BCUT2D eigenvalue weighted by Gasteiger charge is -2.27. The number of likely N-dealkylation sites (N-methyl/N-ethyl adjacent to an activating group) is 2. The molecule has 2 aromatic rings. The predicted octanol–water partition coefficient (Wildman–Crippen LogP) is 2.07. The molecular formula is C16H22N4O2. The molecule has 1 heterocycles. The summed E-state index contributed by atoms with van der Waals surface area (Å²) in [7, 11) is 5.82. The summed E-state index contributed by atoms with van der Waals surface area (Å²) in [5.41, 5.74) is 1.48. The third-order valence-corrected chi connectivity index (χ3v) is 3.53. The van der Waals surface area contributed by atoms with Gasteiger partial charge in [0.2, 0.25) is 11.7 Å². The molecule has 6 nitrogen and oxygen atoms in total. The molecule has 1 atom stereocenters. The van der Waals surface area contributed by atoms with E-state index in [9.17, 15) is 4.79 Å². The summed E-state index contributed by atoms with van der Waals surface area (Å²) in [6.07, 6.45) is 0. The average molecular weight is 302 g/mol. The van der Waals surface area contributed by atoms with Crippen LogP contribution >= 0.6 is 0 Å². The fourth-order valence-electron chi connectivity index (χ4n) is 2.23. The van der Waals surface area contributed by atoms with Crippen molar-refractivity contribution < 1.29 is 9.32 Å². The van der Waals surface area contributed by atoms with Gasteiger partial charge in [0.05, 0.1) is 0 Å². The molecule has 0 aliphatic rings. The van der Waals surface area contributed by atoms with Crippen LogP contribution in [0.15, 0.2) is 28.8 Å². The molecule has 1 amide bonds. The highest BCUT2D eigenvalue weighted by Crippen LogP contribution is 2.17. The molecule has 0 aliphatic carbocycles. The van der Waals surface area contributed by atoms with Gasteiger partial charge < -0.3 is 14.3 Å². The Morgan fingerprint density at radius 3 is 2.36 bits per heavy atom. The molecular weight excluding hydrogens is 280 g/mol. The Morgan fingerprint density at radius 1 is 1.23 bits per heavy atom. The summed E-state index contributed by atoms with van der Waals surface area (Å²) < 4.78 is 4.96. The Hall–Kier alpha value is -2.21. The maximum atomic E-state index is 12.5. The molecule has 22 heavy (non-hydrogen) atoms. The van der Waals surface area contributed by atoms with E-state index in [4.69, 9.17) is 4.52 Å². The first-order valence-electron chi connectivity index (χ1n) is 7.21. The lowest BCUT2D eigenvalue weighted by Crippen LogP contribution is -2.41. The molecule has 0 aliphatic heterocycles. The van der Waals surface area contributed by atoms with Gasteiger partial charge in [-0.15, -0.1) is 0 Å². The number of benzene rings is 1. The van der Waals surface area contributed by atoms with Gasteiger partial charge in [-0.2, -0.15) is 4.98 Å². The fraction of sp³-hybridized carbons (Fsp3) is 0.438. The van der Waals surface area contributed by atoms with Gasteiger partial charge in [0.1, 0.15) is 0 Å². The minimum atomic E-state index is 0.00481. The summed E-state index contributed by atoms with van der Waals surface area (Å²) in [5, 5.41) is 3.87. The van der Waals surface area contributed by atoms with Gasteiger partial charge in [0.25, 0.3) is 5.91 Å². The SMILES string of the molecule is Cc1nc(-c2ccc(C(=O)N(C)C(C)CN(C)C)cc2)no1. The second-order valence-electron chi connectivity index (χ2n) is 5.74. The van der Waals surface area contributed by atoms with Crippen LogP contribution in [0, 0.1) is 6.92 Å². The predicted molar refractivity (Wildman–Crippen MR) is 84.6 cm³/mol. The van der Waals surface area contributed by atoms with Crippen molar-refractivity contribution in [1.29, 1.82) is 0 Å². The van der Waals surface area contributed by atoms with Crippen molar-refractivity contribution in [2.75, 3.05) is 27.7 Å². The van der Waals surface area contributed by atoms with Crippen LogP contribution in [0.1, 0.15) is 23.2 Å². The van der Waals surface area contributed by atoms with E-state index in [2.05, 4.69) is 15.0 Å². The topological polar surface area (TPSA) is 62.5 Å². The Morgan fingerprint density at radius 2 is 1.86 bits per heavy atom. The zero-order chi connectivity index (χ0) is 16.3. The van der Waals surface area contributed by atoms with E-state index in [-0.39, 0.29) is 11.9 Å². The number of carbonyl (C=O) groups is 1. The van der Waals surface area contributed by atoms with Gasteiger partial charge >= 0.3 is 0 Å². The van der Waals surface area contributed by atoms with Crippen molar-refractivity contribution in [2.45, 2.75) is 19.9 Å². The lowest BCUT2D eigenvalue weighted by atomic mass is 10.1. The minimum Gasteiger partial charge on any atom is -0.339 e. The highest BCUT2D eigenvalue weighted by Gasteiger charge is 2.18. The van der Waals surface area contributed by atoms with Gasteiger partial charge in [-0.1, -0.05) is 17.3 Å². The first kappa shape index (κ1) is 16.2. The molecule has 0 saturated heterocycles. The smallest absolute Gasteiger partial charge is 0.253 e. The van der Waals surface area contributed by atoms with Crippen molar-refractivity contribution in [2.24, 2.45) is 0 Å². The van der Waals surface area contributed by atoms with Gasteiger partial charge in [0.15, 0.2) is 0 Å². The van der Waals surface area contributed by atoms with Crippen LogP contribution in [-0.2, 0) is 0 Å². The fourth-order valence-corrected chi connectivity index (χ4v) is 2.23. The first-order valence-corrected chi connectivity index (χ1v) is 7.21. The zero-order valence-corrected chi connectivity index (χ0v) is 13.7. The van der Waals surface area contributed by atoms with E-state index in [0.29, 0.717) is 17.3 Å². The van der Waals surface area contributed by atoms with E-state index in [1.54, 1.807) is 24.0 Å². The molecule has 2 rings (SSSR count). The molecule has 0 radical (unpaired) electrons. The van der Waals surface area contributed by atoms with Crippen LogP contribution in [0.4, 0.5) is 0 Å². The van der Waals surface area contributed by atoms with E-state index in [1.807, 2.05) is 40.2 Å². The molecule has 0 saturated carbocycles. The second-order valence-corrected chi connectivity index (χ2v) is 5.74. The monoisotopic (exact) mass is 302 g/mol. The van der Waals surface area contributed by atoms with Gasteiger partial charge in [-0.25, -0.2) is 0 Å². The third-order valence-electron chi connectivity index (χ3n) is 3.53. The van der Waals surface area contributed by atoms with Crippen LogP contribution in [0.25, 0.3) is 11.4 Å². The Labute approximate surface area is 130 Å². The third kappa shape index (κ3) is 3.71. The quantitative estimate of drug-likeness (QED) is 0.846. The number of aryl methyl sites for hydroxylation is 1. The first-order chi connectivity index (χ1) is 10.4. The lowest BCUT2D eigenvalue weighted by molar-refractivity contribution is 0.0722. The summed E-state index contributed by atoms with van der Waals surface area (Å²) in [6, 6.07) is 7.40. The number of aromatic nitrogens is 2. The van der Waals surface area contributed by atoms with Gasteiger partial charge in [0, 0.05) is 37.7 Å². The molecule has 0 bridgehead atoms. The summed E-state index contributed by atoms with van der Waals surface area (Å²) in [4.78, 5) is 20.5. The van der Waals surface area contributed by atoms with Crippen molar-refractivity contribution in [3.05, 3.63) is 35.7 Å². The Bertz CT molecular complexity index is 634. The summed E-state index contributed by atoms with van der Waals surface area (Å²) >= 11 is 0. The molecule has 1 unspecified atom stereocenters. The number of hydrogen-bond donors (Lipinski definition) is 0. The number of hydrogen-bond acceptors (Lipinski definition) is 5. The molecule has 6 heteroatoms. The standard InChI is InChI=1S/C16H22N4O2/c1-11(10-19(3)4)20(5)16(21)14-8-6-13(7-9-14)15-17-12(2)22-18-15/h6-9,11H,10H2,1-5H3. The number of amides is 1. The van der Waals surface area contributed by atoms with Gasteiger partial charge in [-0.05, 0) is 33.2 Å². The van der Waals surface area contributed by atoms with E-state index < -0.39 is 0 Å². The maximum absolute atomic E-state index is 12.5. The van der Waals surface area contributed by atoms with Crippen molar-refractivity contribution in [3.63, 3.8) is 0 Å². The Kier molecular flexibility index (Phi) is 4.92. The maximum Gasteiger partial charge on any atom is 0.253 e. The largest absolute Gasteiger partial charge is 0.339 e. The summed E-state index contributed by atoms with van der Waals surface area (Å²) in [5.74, 6) is 1.06. The van der Waals surface area contributed by atoms with Crippen LogP contribution < -0.4 is 0 Å². The normalized spacial score (nSPS) is 12.5. The number of carbonyl (C=O) groups excluding carboxylic acids is 1. The molecule has 0 fully saturated rings. The summed E-state index contributed by atoms with van der Waals surface area (Å²) in [6.45, 7) is 4.60. The van der Waals surface area contributed by atoms with Crippen LogP contribution in [0.2, 0.25) is 0 Å². The number of nitrogens with zero attached hydrogens (tertiary/aromatic N) is 4. The van der Waals surface area contributed by atoms with Gasteiger partial charge in [-0.3, -0.25) is 4.79 Å². The highest BCUT2D eigenvalue weighted by molar-refractivity contribution is 5.94. The van der Waals surface area contributed by atoms with Crippen molar-refractivity contribution in [1.82, 2.24) is 19.9 Å². The molecule has 0 spiro atoms. The Balaban J connectivity index is 2.11. The zero-order valence-electron chi connectivity index (χ0n) is 13.7. The minimum absolute atomic E-state index is 0.00481. The second kappa shape index (κ2) is 6.70. The highest BCUT2D eigenvalue weighted by atomic mass is 16.5. The number of rotatable bonds is 5. The van der Waals surface area contributed by atoms with E-state index in [1.165, 1.54) is 0 Å². The van der Waals surface area contributed by atoms with E-state index >= 15 is 0 Å². The van der Waals surface area contributed by atoms with E-state index in [0.717, 1.165) is 12.1 Å². The molecule has 1 aromatic heterocycles.